The molecule has 0 radical (unpaired) electrons. The van der Waals surface area contributed by atoms with Gasteiger partial charge in [0.2, 0.25) is 0 Å². The second-order valence-electron chi connectivity index (χ2n) is 10.4. The van der Waals surface area contributed by atoms with Crippen molar-refractivity contribution < 1.29 is 14.7 Å². The molecule has 1 aromatic heterocycles. The van der Waals surface area contributed by atoms with Crippen LogP contribution in [0.25, 0.3) is 16.7 Å². The fraction of sp³-hybridized carbons (Fsp3) is 0.357. The Hall–Kier alpha value is -3.38. The highest BCUT2D eigenvalue weighted by atomic mass is 16.3. The highest BCUT2D eigenvalue weighted by molar-refractivity contribution is 6.46. The first-order valence-corrected chi connectivity index (χ1v) is 11.6. The topological polar surface area (TPSA) is 76.6 Å². The summed E-state index contributed by atoms with van der Waals surface area (Å²) in [4.78, 5) is 33.4. The molecule has 1 atom stereocenters. The highest BCUT2D eigenvalue weighted by Crippen LogP contribution is 2.42. The van der Waals surface area contributed by atoms with Crippen molar-refractivity contribution in [2.45, 2.75) is 39.2 Å². The lowest BCUT2D eigenvalue weighted by molar-refractivity contribution is -0.140. The van der Waals surface area contributed by atoms with Gasteiger partial charge in [0.15, 0.2) is 0 Å². The van der Waals surface area contributed by atoms with Crippen LogP contribution in [-0.2, 0) is 15.0 Å². The Morgan fingerprint density at radius 1 is 1.12 bits per heavy atom. The number of carbonyl (C=O) groups excluding carboxylic acids is 2. The lowest BCUT2D eigenvalue weighted by Gasteiger charge is -2.26. The number of amides is 1. The number of hydrogen-bond donors (Lipinski definition) is 2. The summed E-state index contributed by atoms with van der Waals surface area (Å²) in [6.07, 6.45) is 1.84. The van der Waals surface area contributed by atoms with Crippen LogP contribution in [0.5, 0.6) is 0 Å². The molecule has 34 heavy (non-hydrogen) atoms. The molecule has 0 saturated carbocycles. The molecule has 2 N–H and O–H groups in total. The molecule has 4 rings (SSSR count). The molecule has 1 saturated heterocycles. The van der Waals surface area contributed by atoms with Crippen LogP contribution in [0.2, 0.25) is 0 Å². The monoisotopic (exact) mass is 459 g/mol. The number of nitrogens with one attached hydrogen (secondary N) is 1. The molecule has 3 aromatic rings. The lowest BCUT2D eigenvalue weighted by Crippen LogP contribution is -2.35. The van der Waals surface area contributed by atoms with E-state index in [1.54, 1.807) is 4.90 Å². The number of aromatic amines is 1. The van der Waals surface area contributed by atoms with Crippen LogP contribution in [0.4, 0.5) is 0 Å². The summed E-state index contributed by atoms with van der Waals surface area (Å²) < 4.78 is 0. The summed E-state index contributed by atoms with van der Waals surface area (Å²) in [5.74, 6) is -1.35. The van der Waals surface area contributed by atoms with Gasteiger partial charge in [-0.3, -0.25) is 9.59 Å². The van der Waals surface area contributed by atoms with Gasteiger partial charge in [-0.15, -0.1) is 0 Å². The molecule has 2 aromatic carbocycles. The SMILES string of the molecule is Cc1ccc(C(C)(C)C)cc1/C(O)=C1\C(=O)C(=O)N(CCN(C)C)C1c1c[nH]c2ccccc12. The summed E-state index contributed by atoms with van der Waals surface area (Å²) in [5.41, 5.74) is 4.22. The number of hydrogen-bond acceptors (Lipinski definition) is 4. The second-order valence-corrected chi connectivity index (χ2v) is 10.4. The van der Waals surface area contributed by atoms with E-state index in [9.17, 15) is 14.7 Å². The molecule has 0 bridgehead atoms. The Bertz CT molecular complexity index is 1290. The number of para-hydroxylation sites is 1. The summed E-state index contributed by atoms with van der Waals surface area (Å²) in [6.45, 7) is 9.20. The number of likely N-dealkylation sites (N-methyl/N-ethyl adjacent to an activating group) is 1. The Balaban J connectivity index is 1.95. The first-order valence-electron chi connectivity index (χ1n) is 11.6. The molecule has 1 amide bonds. The maximum absolute atomic E-state index is 13.4. The molecule has 0 spiro atoms. The van der Waals surface area contributed by atoms with E-state index in [-0.39, 0.29) is 16.7 Å². The third-order valence-electron chi connectivity index (χ3n) is 6.60. The van der Waals surface area contributed by atoms with Crippen LogP contribution in [-0.4, -0.2) is 58.8 Å². The molecule has 2 heterocycles. The Morgan fingerprint density at radius 2 is 1.82 bits per heavy atom. The number of aliphatic hydroxyl groups is 1. The second kappa shape index (κ2) is 8.76. The molecule has 1 unspecified atom stereocenters. The number of rotatable bonds is 5. The minimum Gasteiger partial charge on any atom is -0.507 e. The van der Waals surface area contributed by atoms with Gasteiger partial charge in [0.05, 0.1) is 11.6 Å². The molecule has 1 aliphatic heterocycles. The zero-order chi connectivity index (χ0) is 24.8. The molecule has 6 heteroatoms. The van der Waals surface area contributed by atoms with Gasteiger partial charge in [-0.05, 0) is 49.7 Å². The number of fused-ring (bicyclic) bond motifs is 1. The van der Waals surface area contributed by atoms with Gasteiger partial charge in [-0.1, -0.05) is 51.1 Å². The number of aliphatic hydroxyl groups excluding tert-OH is 1. The number of aromatic nitrogens is 1. The molecular weight excluding hydrogens is 426 g/mol. The number of nitrogens with zero attached hydrogens (tertiary/aromatic N) is 2. The number of H-pyrrole nitrogens is 1. The van der Waals surface area contributed by atoms with E-state index >= 15 is 0 Å². The number of aryl methyl sites for hydroxylation is 1. The van der Waals surface area contributed by atoms with E-state index in [4.69, 9.17) is 0 Å². The van der Waals surface area contributed by atoms with Gasteiger partial charge >= 0.3 is 0 Å². The molecule has 6 nitrogen and oxygen atoms in total. The van der Waals surface area contributed by atoms with Gasteiger partial charge in [0, 0.05) is 41.3 Å². The van der Waals surface area contributed by atoms with Crippen molar-refractivity contribution >= 4 is 28.4 Å². The Morgan fingerprint density at radius 3 is 2.50 bits per heavy atom. The normalized spacial score (nSPS) is 18.4. The average molecular weight is 460 g/mol. The standard InChI is InChI=1S/C28H33N3O3/c1-17-11-12-18(28(2,3)4)15-20(17)25(32)23-24(21-16-29-22-10-8-7-9-19(21)22)31(14-13-30(5)6)27(34)26(23)33/h7-12,15-16,24,29,32H,13-14H2,1-6H3/b25-23+. The first kappa shape index (κ1) is 23.8. The molecule has 1 aliphatic rings. The molecular formula is C28H33N3O3. The molecule has 1 fully saturated rings. The number of ketones is 1. The number of carbonyl (C=O) groups is 2. The smallest absolute Gasteiger partial charge is 0.295 e. The molecule has 0 aliphatic carbocycles. The molecule has 178 valence electrons. The van der Waals surface area contributed by atoms with E-state index in [0.29, 0.717) is 18.7 Å². The minimum absolute atomic E-state index is 0.121. The number of Topliss-reactive ketones (excluding diaryl/α,β-unsaturated/α-hetero) is 1. The van der Waals surface area contributed by atoms with Crippen molar-refractivity contribution in [2.24, 2.45) is 0 Å². The van der Waals surface area contributed by atoms with Crippen molar-refractivity contribution in [3.05, 3.63) is 76.5 Å². The van der Waals surface area contributed by atoms with Crippen molar-refractivity contribution in [3.8, 4) is 0 Å². The zero-order valence-corrected chi connectivity index (χ0v) is 20.8. The fourth-order valence-electron chi connectivity index (χ4n) is 4.55. The first-order chi connectivity index (χ1) is 16.0. The Kier molecular flexibility index (Phi) is 6.13. The number of likely N-dealkylation sites (tertiary alicyclic amines) is 1. The number of benzene rings is 2. The van der Waals surface area contributed by atoms with Crippen molar-refractivity contribution in [3.63, 3.8) is 0 Å². The van der Waals surface area contributed by atoms with Crippen LogP contribution in [0.15, 0.2) is 54.2 Å². The van der Waals surface area contributed by atoms with E-state index in [0.717, 1.165) is 27.6 Å². The van der Waals surface area contributed by atoms with Crippen molar-refractivity contribution in [1.29, 1.82) is 0 Å². The summed E-state index contributed by atoms with van der Waals surface area (Å²) >= 11 is 0. The zero-order valence-electron chi connectivity index (χ0n) is 20.8. The largest absolute Gasteiger partial charge is 0.507 e. The maximum Gasteiger partial charge on any atom is 0.295 e. The van der Waals surface area contributed by atoms with Gasteiger partial charge in [-0.2, -0.15) is 0 Å². The maximum atomic E-state index is 13.4. The lowest BCUT2D eigenvalue weighted by atomic mass is 9.84. The summed E-state index contributed by atoms with van der Waals surface area (Å²) in [7, 11) is 3.86. The van der Waals surface area contributed by atoms with Crippen LogP contribution in [0.3, 0.4) is 0 Å². The average Bonchev–Trinajstić information content (AvgIpc) is 3.30. The van der Waals surface area contributed by atoms with Crippen LogP contribution < -0.4 is 0 Å². The van der Waals surface area contributed by atoms with Gasteiger partial charge in [0.1, 0.15) is 5.76 Å². The summed E-state index contributed by atoms with van der Waals surface area (Å²) in [6, 6.07) is 13.1. The highest BCUT2D eigenvalue weighted by Gasteiger charge is 2.46. The van der Waals surface area contributed by atoms with Crippen LogP contribution in [0, 0.1) is 6.92 Å². The van der Waals surface area contributed by atoms with Crippen LogP contribution in [0.1, 0.15) is 49.1 Å². The van der Waals surface area contributed by atoms with E-state index in [1.165, 1.54) is 0 Å². The van der Waals surface area contributed by atoms with Crippen molar-refractivity contribution in [2.75, 3.05) is 27.2 Å². The van der Waals surface area contributed by atoms with Crippen LogP contribution >= 0.6 is 0 Å². The third-order valence-corrected chi connectivity index (χ3v) is 6.60. The summed E-state index contributed by atoms with van der Waals surface area (Å²) in [5, 5.41) is 12.5. The predicted molar refractivity (Wildman–Crippen MR) is 136 cm³/mol. The minimum atomic E-state index is -0.672. The van der Waals surface area contributed by atoms with E-state index in [2.05, 4.69) is 25.8 Å². The van der Waals surface area contributed by atoms with Crippen molar-refractivity contribution in [1.82, 2.24) is 14.8 Å². The van der Waals surface area contributed by atoms with Gasteiger partial charge in [0.25, 0.3) is 11.7 Å². The van der Waals surface area contributed by atoms with E-state index in [1.807, 2.05) is 74.6 Å². The third kappa shape index (κ3) is 4.14. The Labute approximate surface area is 200 Å². The quantitative estimate of drug-likeness (QED) is 0.328. The van der Waals surface area contributed by atoms with Gasteiger partial charge < -0.3 is 19.9 Å². The van der Waals surface area contributed by atoms with E-state index < -0.39 is 17.7 Å². The van der Waals surface area contributed by atoms with Gasteiger partial charge in [-0.25, -0.2) is 0 Å². The fourth-order valence-corrected chi connectivity index (χ4v) is 4.55. The predicted octanol–water partition coefficient (Wildman–Crippen LogP) is 4.76.